The number of carbonyl (C=O) groups excluding carboxylic acids is 1. The molecule has 0 fully saturated rings. The third-order valence-electron chi connectivity index (χ3n) is 6.23. The van der Waals surface area contributed by atoms with Gasteiger partial charge in [-0.15, -0.1) is 0 Å². The van der Waals surface area contributed by atoms with Gasteiger partial charge in [0, 0.05) is 18.2 Å². The predicted octanol–water partition coefficient (Wildman–Crippen LogP) is 7.00. The molecule has 3 N–H and O–H groups in total. The fourth-order valence-electron chi connectivity index (χ4n) is 4.45. The lowest BCUT2D eigenvalue weighted by Crippen LogP contribution is -2.26. The number of carbonyl (C=O) groups is 1. The first kappa shape index (κ1) is 23.2. The Hall–Kier alpha value is -4.51. The van der Waals surface area contributed by atoms with Gasteiger partial charge in [0.25, 0.3) is 0 Å². The van der Waals surface area contributed by atoms with Gasteiger partial charge in [0.15, 0.2) is 0 Å². The third kappa shape index (κ3) is 5.41. The standard InChI is InChI=1S/C31H28N2O3/c32-23-14-18-25(19-15-23)36-24-16-12-22(13-17-24)7-5-6-20-33-31(34)35-21-30-28-10-3-1-8-26(28)27-9-2-4-11-29(27)30/h1-5,7-19,30H,6,20-21,32H2,(H,33,34). The van der Waals surface area contributed by atoms with Crippen LogP contribution in [-0.4, -0.2) is 19.2 Å². The lowest BCUT2D eigenvalue weighted by molar-refractivity contribution is 0.143. The minimum atomic E-state index is -0.394. The lowest BCUT2D eigenvalue weighted by atomic mass is 9.98. The number of fused-ring (bicyclic) bond motifs is 3. The van der Waals surface area contributed by atoms with E-state index < -0.39 is 6.09 Å². The Morgan fingerprint density at radius 1 is 0.806 bits per heavy atom. The summed E-state index contributed by atoms with van der Waals surface area (Å²) < 4.78 is 11.4. The fraction of sp³-hybridized carbons (Fsp3) is 0.129. The van der Waals surface area contributed by atoms with Gasteiger partial charge < -0.3 is 20.5 Å². The molecular weight excluding hydrogens is 448 g/mol. The molecule has 1 aliphatic carbocycles. The molecule has 4 aromatic carbocycles. The van der Waals surface area contributed by atoms with Crippen molar-refractivity contribution in [3.05, 3.63) is 120 Å². The van der Waals surface area contributed by atoms with E-state index in [9.17, 15) is 4.79 Å². The zero-order chi connectivity index (χ0) is 24.7. The van der Waals surface area contributed by atoms with Gasteiger partial charge in [-0.2, -0.15) is 0 Å². The van der Waals surface area contributed by atoms with Crippen LogP contribution in [0.4, 0.5) is 10.5 Å². The molecule has 0 bridgehead atoms. The van der Waals surface area contributed by atoms with Gasteiger partial charge in [-0.3, -0.25) is 0 Å². The van der Waals surface area contributed by atoms with Crippen LogP contribution in [0.2, 0.25) is 0 Å². The van der Waals surface area contributed by atoms with E-state index in [-0.39, 0.29) is 5.92 Å². The highest BCUT2D eigenvalue weighted by molar-refractivity contribution is 5.79. The number of hydrogen-bond acceptors (Lipinski definition) is 4. The number of benzene rings is 4. The van der Waals surface area contributed by atoms with Crippen molar-refractivity contribution in [3.63, 3.8) is 0 Å². The van der Waals surface area contributed by atoms with Gasteiger partial charge in [0.2, 0.25) is 0 Å². The Morgan fingerprint density at radius 2 is 1.39 bits per heavy atom. The largest absolute Gasteiger partial charge is 0.457 e. The molecule has 36 heavy (non-hydrogen) atoms. The average Bonchev–Trinajstić information content (AvgIpc) is 3.23. The molecular formula is C31H28N2O3. The molecule has 0 atom stereocenters. The molecule has 0 saturated carbocycles. The van der Waals surface area contributed by atoms with Gasteiger partial charge in [-0.1, -0.05) is 72.8 Å². The van der Waals surface area contributed by atoms with Gasteiger partial charge in [0.05, 0.1) is 0 Å². The molecule has 5 heteroatoms. The van der Waals surface area contributed by atoms with Crippen LogP contribution in [0.15, 0.2) is 103 Å². The Balaban J connectivity index is 1.06. The van der Waals surface area contributed by atoms with Crippen molar-refractivity contribution in [1.29, 1.82) is 0 Å². The zero-order valence-electron chi connectivity index (χ0n) is 19.9. The van der Waals surface area contributed by atoms with E-state index in [1.165, 1.54) is 22.3 Å². The number of alkyl carbamates (subject to hydrolysis) is 1. The number of rotatable bonds is 8. The highest BCUT2D eigenvalue weighted by atomic mass is 16.5. The smallest absolute Gasteiger partial charge is 0.407 e. The van der Waals surface area contributed by atoms with Crippen LogP contribution in [0.25, 0.3) is 17.2 Å². The van der Waals surface area contributed by atoms with E-state index in [4.69, 9.17) is 15.2 Å². The molecule has 0 radical (unpaired) electrons. The fourth-order valence-corrected chi connectivity index (χ4v) is 4.45. The number of amides is 1. The highest BCUT2D eigenvalue weighted by Gasteiger charge is 2.28. The van der Waals surface area contributed by atoms with Crippen LogP contribution in [0.1, 0.15) is 29.0 Å². The van der Waals surface area contributed by atoms with Crippen molar-refractivity contribution in [2.45, 2.75) is 12.3 Å². The highest BCUT2D eigenvalue weighted by Crippen LogP contribution is 2.44. The van der Waals surface area contributed by atoms with Crippen molar-refractivity contribution >= 4 is 17.9 Å². The summed E-state index contributed by atoms with van der Waals surface area (Å²) in [5.74, 6) is 1.57. The SMILES string of the molecule is Nc1ccc(Oc2ccc(C=CCCNC(=O)OCC3c4ccccc4-c4ccccc43)cc2)cc1. The molecule has 1 amide bonds. The molecule has 0 spiro atoms. The van der Waals surface area contributed by atoms with Gasteiger partial charge in [0.1, 0.15) is 18.1 Å². The molecule has 5 rings (SSSR count). The maximum absolute atomic E-state index is 12.3. The number of nitrogen functional groups attached to an aromatic ring is 1. The Labute approximate surface area is 211 Å². The van der Waals surface area contributed by atoms with Gasteiger partial charge in [-0.05, 0) is 70.6 Å². The summed E-state index contributed by atoms with van der Waals surface area (Å²) in [5, 5.41) is 2.84. The van der Waals surface area contributed by atoms with E-state index in [0.29, 0.717) is 25.3 Å². The molecule has 0 saturated heterocycles. The lowest BCUT2D eigenvalue weighted by Gasteiger charge is -2.14. The number of nitrogens with two attached hydrogens (primary N) is 1. The first-order valence-electron chi connectivity index (χ1n) is 12.1. The Morgan fingerprint density at radius 3 is 2.03 bits per heavy atom. The molecule has 1 aliphatic rings. The number of hydrogen-bond donors (Lipinski definition) is 2. The van der Waals surface area contributed by atoms with Gasteiger partial charge in [-0.25, -0.2) is 4.79 Å². The summed E-state index contributed by atoms with van der Waals surface area (Å²) in [5.41, 5.74) is 12.3. The average molecular weight is 477 g/mol. The third-order valence-corrected chi connectivity index (χ3v) is 6.23. The second-order valence-corrected chi connectivity index (χ2v) is 8.68. The van der Waals surface area contributed by atoms with Crippen molar-refractivity contribution in [1.82, 2.24) is 5.32 Å². The van der Waals surface area contributed by atoms with E-state index in [1.54, 1.807) is 0 Å². The molecule has 5 nitrogen and oxygen atoms in total. The van der Waals surface area contributed by atoms with E-state index >= 15 is 0 Å². The molecule has 0 aromatic heterocycles. The predicted molar refractivity (Wildman–Crippen MR) is 144 cm³/mol. The summed E-state index contributed by atoms with van der Waals surface area (Å²) in [7, 11) is 0. The van der Waals surface area contributed by atoms with Crippen LogP contribution < -0.4 is 15.8 Å². The Bertz CT molecular complexity index is 1320. The minimum absolute atomic E-state index is 0.0648. The maximum atomic E-state index is 12.3. The number of anilines is 1. The molecule has 4 aromatic rings. The van der Waals surface area contributed by atoms with Crippen molar-refractivity contribution in [2.75, 3.05) is 18.9 Å². The van der Waals surface area contributed by atoms with Crippen LogP contribution >= 0.6 is 0 Å². The second kappa shape index (κ2) is 10.8. The summed E-state index contributed by atoms with van der Waals surface area (Å²) in [6, 6.07) is 31.7. The number of nitrogens with one attached hydrogen (secondary N) is 1. The van der Waals surface area contributed by atoms with E-state index in [1.807, 2.05) is 84.9 Å². The minimum Gasteiger partial charge on any atom is -0.457 e. The summed E-state index contributed by atoms with van der Waals surface area (Å²) >= 11 is 0. The van der Waals surface area contributed by atoms with Crippen LogP contribution in [0.3, 0.4) is 0 Å². The van der Waals surface area contributed by atoms with E-state index in [0.717, 1.165) is 17.1 Å². The van der Waals surface area contributed by atoms with Crippen molar-refractivity contribution in [3.8, 4) is 22.6 Å². The van der Waals surface area contributed by atoms with Crippen LogP contribution in [0, 0.1) is 0 Å². The summed E-state index contributed by atoms with van der Waals surface area (Å²) in [6.07, 6.45) is 4.36. The van der Waals surface area contributed by atoms with Crippen molar-refractivity contribution < 1.29 is 14.3 Å². The number of ether oxygens (including phenoxy) is 2. The molecule has 0 aliphatic heterocycles. The zero-order valence-corrected chi connectivity index (χ0v) is 19.9. The molecule has 180 valence electrons. The van der Waals surface area contributed by atoms with Crippen molar-refractivity contribution in [2.24, 2.45) is 0 Å². The summed E-state index contributed by atoms with van der Waals surface area (Å²) in [6.45, 7) is 0.825. The molecule has 0 heterocycles. The molecule has 0 unspecified atom stereocenters. The van der Waals surface area contributed by atoms with Crippen LogP contribution in [-0.2, 0) is 4.74 Å². The van der Waals surface area contributed by atoms with Crippen LogP contribution in [0.5, 0.6) is 11.5 Å². The first-order valence-corrected chi connectivity index (χ1v) is 12.1. The van der Waals surface area contributed by atoms with Gasteiger partial charge >= 0.3 is 6.09 Å². The maximum Gasteiger partial charge on any atom is 0.407 e. The quantitative estimate of drug-likeness (QED) is 0.212. The van der Waals surface area contributed by atoms with E-state index in [2.05, 4.69) is 29.6 Å². The first-order chi connectivity index (χ1) is 17.7. The monoisotopic (exact) mass is 476 g/mol. The Kier molecular flexibility index (Phi) is 6.99. The normalized spacial score (nSPS) is 12.2. The summed E-state index contributed by atoms with van der Waals surface area (Å²) in [4.78, 5) is 12.3. The second-order valence-electron chi connectivity index (χ2n) is 8.68. The topological polar surface area (TPSA) is 73.6 Å².